The van der Waals surface area contributed by atoms with Crippen LogP contribution in [0.4, 0.5) is 0 Å². The lowest BCUT2D eigenvalue weighted by molar-refractivity contribution is 0.330. The van der Waals surface area contributed by atoms with Crippen molar-refractivity contribution in [1.29, 1.82) is 0 Å². The van der Waals surface area contributed by atoms with Gasteiger partial charge in [0.25, 0.3) is 5.88 Å². The summed E-state index contributed by atoms with van der Waals surface area (Å²) in [5.41, 5.74) is 0.968. The molecule has 2 heterocycles. The van der Waals surface area contributed by atoms with Crippen LogP contribution >= 0.6 is 0 Å². The Bertz CT molecular complexity index is 709. The maximum absolute atomic E-state index is 12.2. The average Bonchev–Trinajstić information content (AvgIpc) is 2.95. The van der Waals surface area contributed by atoms with Crippen molar-refractivity contribution in [1.82, 2.24) is 10.3 Å². The lowest BCUT2D eigenvalue weighted by Gasteiger charge is -2.16. The zero-order valence-corrected chi connectivity index (χ0v) is 13.2. The van der Waals surface area contributed by atoms with Crippen molar-refractivity contribution < 1.29 is 22.2 Å². The van der Waals surface area contributed by atoms with Crippen molar-refractivity contribution in [2.24, 2.45) is 0 Å². The summed E-state index contributed by atoms with van der Waals surface area (Å²) >= 11 is 0. The van der Waals surface area contributed by atoms with Crippen molar-refractivity contribution in [3.63, 3.8) is 0 Å². The molecule has 0 aliphatic rings. The number of aromatic nitrogens is 2. The van der Waals surface area contributed by atoms with Crippen LogP contribution < -0.4 is 4.74 Å². The molecule has 0 fully saturated rings. The largest absolute Gasteiger partial charge is 0.479 e. The summed E-state index contributed by atoms with van der Waals surface area (Å²) in [6.45, 7) is 5.91. The molecule has 21 heavy (non-hydrogen) atoms. The Labute approximate surface area is 123 Å². The van der Waals surface area contributed by atoms with E-state index in [0.29, 0.717) is 5.69 Å². The number of nitrogens with zero attached hydrogens (tertiary/aromatic N) is 2. The Hall–Kier alpha value is -1.83. The number of hydrogen-bond donors (Lipinski definition) is 0. The van der Waals surface area contributed by atoms with Gasteiger partial charge in [-0.15, -0.1) is 0 Å². The molecular weight excluding hydrogens is 296 g/mol. The fraction of sp³-hybridized carbons (Fsp3) is 0.538. The van der Waals surface area contributed by atoms with Gasteiger partial charge in [0.15, 0.2) is 15.6 Å². The molecule has 0 aliphatic carbocycles. The maximum atomic E-state index is 12.2. The second kappa shape index (κ2) is 5.51. The van der Waals surface area contributed by atoms with Gasteiger partial charge in [0.05, 0.1) is 12.9 Å². The molecular formula is C13H18N2O5S. The van der Waals surface area contributed by atoms with Crippen LogP contribution in [-0.4, -0.2) is 25.8 Å². The van der Waals surface area contributed by atoms with Gasteiger partial charge in [-0.1, -0.05) is 25.9 Å². The Morgan fingerprint density at radius 1 is 1.24 bits per heavy atom. The van der Waals surface area contributed by atoms with Gasteiger partial charge in [0, 0.05) is 11.6 Å². The van der Waals surface area contributed by atoms with Gasteiger partial charge in [-0.2, -0.15) is 0 Å². The number of hydrogen-bond acceptors (Lipinski definition) is 7. The molecule has 0 aromatic carbocycles. The average molecular weight is 314 g/mol. The fourth-order valence-corrected chi connectivity index (χ4v) is 3.20. The smallest absolute Gasteiger partial charge is 0.254 e. The van der Waals surface area contributed by atoms with Gasteiger partial charge < -0.3 is 13.8 Å². The standard InChI is InChI=1S/C13H18N2O5S/c1-13(2,3)10-6-19-14-11(10)8-21(16,17)7-9-5-12(18-4)15-20-9/h5-6H,7-8H2,1-4H3. The van der Waals surface area contributed by atoms with Gasteiger partial charge in [-0.25, -0.2) is 8.42 Å². The normalized spacial score (nSPS) is 12.6. The highest BCUT2D eigenvalue weighted by molar-refractivity contribution is 7.89. The number of methoxy groups -OCH3 is 1. The van der Waals surface area contributed by atoms with Crippen molar-refractivity contribution in [2.75, 3.05) is 7.11 Å². The Balaban J connectivity index is 2.16. The van der Waals surface area contributed by atoms with E-state index in [4.69, 9.17) is 13.8 Å². The molecule has 0 aliphatic heterocycles. The SMILES string of the molecule is COc1cc(CS(=O)(=O)Cc2nocc2C(C)(C)C)on1. The molecule has 0 atom stereocenters. The molecule has 0 amide bonds. The molecule has 7 nitrogen and oxygen atoms in total. The van der Waals surface area contributed by atoms with Crippen molar-refractivity contribution >= 4 is 9.84 Å². The first-order valence-electron chi connectivity index (χ1n) is 6.35. The summed E-state index contributed by atoms with van der Waals surface area (Å²) in [5, 5.41) is 7.38. The van der Waals surface area contributed by atoms with Gasteiger partial charge in [0.2, 0.25) is 0 Å². The van der Waals surface area contributed by atoms with E-state index in [1.54, 1.807) is 0 Å². The Kier molecular flexibility index (Phi) is 4.08. The van der Waals surface area contributed by atoms with E-state index in [2.05, 4.69) is 10.3 Å². The van der Waals surface area contributed by atoms with Crippen LogP contribution in [0.1, 0.15) is 37.8 Å². The lowest BCUT2D eigenvalue weighted by Crippen LogP contribution is -2.16. The van der Waals surface area contributed by atoms with Crippen LogP contribution in [-0.2, 0) is 26.8 Å². The minimum atomic E-state index is -3.45. The second-order valence-electron chi connectivity index (χ2n) is 5.79. The van der Waals surface area contributed by atoms with Crippen LogP contribution in [0.25, 0.3) is 0 Å². The highest BCUT2D eigenvalue weighted by Gasteiger charge is 2.26. The molecule has 2 aromatic rings. The molecule has 0 saturated carbocycles. The van der Waals surface area contributed by atoms with Gasteiger partial charge in [-0.3, -0.25) is 0 Å². The third-order valence-corrected chi connectivity index (χ3v) is 4.36. The van der Waals surface area contributed by atoms with Crippen LogP contribution in [0.2, 0.25) is 0 Å². The summed E-state index contributed by atoms with van der Waals surface area (Å²) in [6, 6.07) is 1.45. The van der Waals surface area contributed by atoms with E-state index in [0.717, 1.165) is 5.56 Å². The minimum absolute atomic E-state index is 0.209. The highest BCUT2D eigenvalue weighted by Crippen LogP contribution is 2.27. The number of rotatable bonds is 5. The zero-order valence-electron chi connectivity index (χ0n) is 12.4. The van der Waals surface area contributed by atoms with Crippen LogP contribution in [0.3, 0.4) is 0 Å². The molecule has 2 aromatic heterocycles. The van der Waals surface area contributed by atoms with E-state index >= 15 is 0 Å². The van der Waals surface area contributed by atoms with E-state index in [9.17, 15) is 8.42 Å². The molecule has 8 heteroatoms. The van der Waals surface area contributed by atoms with Gasteiger partial charge in [-0.05, 0) is 10.6 Å². The summed E-state index contributed by atoms with van der Waals surface area (Å²) in [6.07, 6.45) is 1.49. The summed E-state index contributed by atoms with van der Waals surface area (Å²) in [5.74, 6) is 0.00325. The van der Waals surface area contributed by atoms with Crippen LogP contribution in [0.15, 0.2) is 21.4 Å². The molecule has 0 spiro atoms. The third kappa shape index (κ3) is 3.84. The molecule has 0 N–H and O–H groups in total. The molecule has 0 unspecified atom stereocenters. The Morgan fingerprint density at radius 2 is 1.95 bits per heavy atom. The second-order valence-corrected chi connectivity index (χ2v) is 7.86. The number of sulfone groups is 1. The van der Waals surface area contributed by atoms with Gasteiger partial charge in [0.1, 0.15) is 17.7 Å². The maximum Gasteiger partial charge on any atom is 0.254 e. The first kappa shape index (κ1) is 15.6. The summed E-state index contributed by atoms with van der Waals surface area (Å²) < 4.78 is 39.1. The number of ether oxygens (including phenoxy) is 1. The third-order valence-electron chi connectivity index (χ3n) is 2.92. The zero-order chi connectivity index (χ0) is 15.7. The van der Waals surface area contributed by atoms with Crippen molar-refractivity contribution in [3.8, 4) is 5.88 Å². The summed E-state index contributed by atoms with van der Waals surface area (Å²) in [4.78, 5) is 0. The fourth-order valence-electron chi connectivity index (χ4n) is 1.91. The highest BCUT2D eigenvalue weighted by atomic mass is 32.2. The van der Waals surface area contributed by atoms with Gasteiger partial charge >= 0.3 is 0 Å². The quantitative estimate of drug-likeness (QED) is 0.833. The summed E-state index contributed by atoms with van der Waals surface area (Å²) in [7, 11) is -2.02. The molecule has 116 valence electrons. The first-order chi connectivity index (χ1) is 9.71. The molecule has 0 saturated heterocycles. The monoisotopic (exact) mass is 314 g/mol. The van der Waals surface area contributed by atoms with E-state index in [1.165, 1.54) is 19.4 Å². The van der Waals surface area contributed by atoms with Crippen LogP contribution in [0, 0.1) is 0 Å². The minimum Gasteiger partial charge on any atom is -0.479 e. The van der Waals surface area contributed by atoms with E-state index in [1.807, 2.05) is 20.8 Å². The predicted octanol–water partition coefficient (Wildman–Crippen LogP) is 2.08. The van der Waals surface area contributed by atoms with Crippen molar-refractivity contribution in [2.45, 2.75) is 37.7 Å². The molecule has 0 bridgehead atoms. The molecule has 2 rings (SSSR count). The van der Waals surface area contributed by atoms with Crippen molar-refractivity contribution in [3.05, 3.63) is 29.3 Å². The van der Waals surface area contributed by atoms with E-state index < -0.39 is 9.84 Å². The first-order valence-corrected chi connectivity index (χ1v) is 8.17. The topological polar surface area (TPSA) is 95.4 Å². The van der Waals surface area contributed by atoms with Crippen LogP contribution in [0.5, 0.6) is 5.88 Å². The van der Waals surface area contributed by atoms with E-state index in [-0.39, 0.29) is 28.6 Å². The predicted molar refractivity (Wildman–Crippen MR) is 74.6 cm³/mol. The Morgan fingerprint density at radius 3 is 2.52 bits per heavy atom. The molecule has 0 radical (unpaired) electrons. The lowest BCUT2D eigenvalue weighted by atomic mass is 9.88.